The summed E-state index contributed by atoms with van der Waals surface area (Å²) in [5.74, 6) is 1.29. The lowest BCUT2D eigenvalue weighted by atomic mass is 10.1. The zero-order valence-corrected chi connectivity index (χ0v) is 12.9. The fraction of sp³-hybridized carbons (Fsp3) is 0.118. The van der Waals surface area contributed by atoms with Crippen molar-refractivity contribution in [3.63, 3.8) is 0 Å². The van der Waals surface area contributed by atoms with E-state index in [0.29, 0.717) is 12.5 Å². The second-order valence-electron chi connectivity index (χ2n) is 4.55. The van der Waals surface area contributed by atoms with Crippen molar-refractivity contribution in [2.45, 2.75) is 12.5 Å². The number of nitrogens with zero attached hydrogens (tertiary/aromatic N) is 1. The van der Waals surface area contributed by atoms with Crippen LogP contribution in [0.5, 0.6) is 5.75 Å². The van der Waals surface area contributed by atoms with Crippen molar-refractivity contribution < 1.29 is 4.74 Å². The Morgan fingerprint density at radius 1 is 0.952 bits per heavy atom. The van der Waals surface area contributed by atoms with E-state index in [1.54, 1.807) is 11.3 Å². The molecule has 21 heavy (non-hydrogen) atoms. The number of hydrogen-bond donors (Lipinski definition) is 0. The molecule has 0 amide bonds. The quantitative estimate of drug-likeness (QED) is 0.609. The smallest absolute Gasteiger partial charge is 0.140 e. The molecule has 1 heterocycles. The SMILES string of the molecule is ClCc1csc(COc2ccc(-c3ccccc3)cc2)n1. The number of hydrogen-bond acceptors (Lipinski definition) is 3. The van der Waals surface area contributed by atoms with Crippen LogP contribution in [0, 0.1) is 0 Å². The van der Waals surface area contributed by atoms with Crippen molar-refractivity contribution in [3.05, 3.63) is 70.7 Å². The second-order valence-corrected chi connectivity index (χ2v) is 5.76. The number of thiazole rings is 1. The van der Waals surface area contributed by atoms with Crippen LogP contribution in [0.1, 0.15) is 10.7 Å². The Bertz CT molecular complexity index is 694. The minimum Gasteiger partial charge on any atom is -0.486 e. The van der Waals surface area contributed by atoms with Gasteiger partial charge in [-0.3, -0.25) is 0 Å². The first-order valence-corrected chi connectivity index (χ1v) is 8.04. The molecule has 0 radical (unpaired) electrons. The van der Waals surface area contributed by atoms with Crippen molar-refractivity contribution in [2.24, 2.45) is 0 Å². The van der Waals surface area contributed by atoms with E-state index in [0.717, 1.165) is 16.5 Å². The number of benzene rings is 2. The predicted octanol–water partition coefficient (Wildman–Crippen LogP) is 5.13. The van der Waals surface area contributed by atoms with Crippen LogP contribution in [-0.2, 0) is 12.5 Å². The lowest BCUT2D eigenvalue weighted by Crippen LogP contribution is -1.95. The molecule has 0 saturated heterocycles. The topological polar surface area (TPSA) is 22.1 Å². The van der Waals surface area contributed by atoms with Crippen molar-refractivity contribution in [1.82, 2.24) is 4.98 Å². The van der Waals surface area contributed by atoms with E-state index in [9.17, 15) is 0 Å². The molecule has 0 aliphatic carbocycles. The number of halogens is 1. The van der Waals surface area contributed by atoms with Crippen LogP contribution in [0.3, 0.4) is 0 Å². The molecule has 3 aromatic rings. The maximum absolute atomic E-state index is 5.75. The highest BCUT2D eigenvalue weighted by Gasteiger charge is 2.03. The van der Waals surface area contributed by atoms with Gasteiger partial charge in [0, 0.05) is 5.38 Å². The maximum atomic E-state index is 5.75. The van der Waals surface area contributed by atoms with Crippen LogP contribution < -0.4 is 4.74 Å². The summed E-state index contributed by atoms with van der Waals surface area (Å²) < 4.78 is 5.75. The number of aromatic nitrogens is 1. The maximum Gasteiger partial charge on any atom is 0.140 e. The van der Waals surface area contributed by atoms with Gasteiger partial charge in [-0.2, -0.15) is 0 Å². The van der Waals surface area contributed by atoms with E-state index in [-0.39, 0.29) is 0 Å². The Balaban J connectivity index is 1.64. The first-order valence-electron chi connectivity index (χ1n) is 6.62. The zero-order chi connectivity index (χ0) is 14.5. The summed E-state index contributed by atoms with van der Waals surface area (Å²) in [5.41, 5.74) is 3.29. The molecule has 0 fully saturated rings. The molecule has 0 bridgehead atoms. The molecule has 0 atom stereocenters. The van der Waals surface area contributed by atoms with E-state index in [1.807, 2.05) is 35.7 Å². The van der Waals surface area contributed by atoms with Crippen molar-refractivity contribution in [1.29, 1.82) is 0 Å². The summed E-state index contributed by atoms with van der Waals surface area (Å²) in [6, 6.07) is 18.4. The van der Waals surface area contributed by atoms with Crippen LogP contribution in [-0.4, -0.2) is 4.98 Å². The van der Waals surface area contributed by atoms with Crippen molar-refractivity contribution in [2.75, 3.05) is 0 Å². The summed E-state index contributed by atoms with van der Waals surface area (Å²) in [6.07, 6.45) is 0. The van der Waals surface area contributed by atoms with E-state index >= 15 is 0 Å². The highest BCUT2D eigenvalue weighted by molar-refractivity contribution is 7.09. The Kier molecular flexibility index (Phi) is 4.53. The Morgan fingerprint density at radius 3 is 2.33 bits per heavy atom. The molecule has 2 aromatic carbocycles. The molecule has 1 aromatic heterocycles. The van der Waals surface area contributed by atoms with Gasteiger partial charge in [0.05, 0.1) is 11.6 Å². The van der Waals surface area contributed by atoms with Crippen LogP contribution >= 0.6 is 22.9 Å². The first kappa shape index (κ1) is 14.1. The second kappa shape index (κ2) is 6.74. The molecular weight excluding hydrogens is 302 g/mol. The standard InChI is InChI=1S/C17H14ClNOS/c18-10-15-12-21-17(19-15)11-20-16-8-6-14(7-9-16)13-4-2-1-3-5-13/h1-9,12H,10-11H2. The minimum atomic E-state index is 0.447. The molecule has 0 spiro atoms. The molecule has 3 rings (SSSR count). The largest absolute Gasteiger partial charge is 0.486 e. The van der Waals surface area contributed by atoms with Gasteiger partial charge < -0.3 is 4.74 Å². The van der Waals surface area contributed by atoms with Gasteiger partial charge in [-0.05, 0) is 23.3 Å². The summed E-state index contributed by atoms with van der Waals surface area (Å²) >= 11 is 7.31. The Hall–Kier alpha value is -1.84. The molecule has 0 aliphatic rings. The van der Waals surface area contributed by atoms with Gasteiger partial charge in [-0.15, -0.1) is 22.9 Å². The Morgan fingerprint density at radius 2 is 1.67 bits per heavy atom. The van der Waals surface area contributed by atoms with Gasteiger partial charge in [0.1, 0.15) is 17.4 Å². The highest BCUT2D eigenvalue weighted by atomic mass is 35.5. The summed E-state index contributed by atoms with van der Waals surface area (Å²) in [5, 5.41) is 2.90. The van der Waals surface area contributed by atoms with E-state index in [1.165, 1.54) is 11.1 Å². The summed E-state index contributed by atoms with van der Waals surface area (Å²) in [6.45, 7) is 0.478. The van der Waals surface area contributed by atoms with Crippen LogP contribution in [0.2, 0.25) is 0 Å². The first-order chi connectivity index (χ1) is 10.3. The van der Waals surface area contributed by atoms with Gasteiger partial charge >= 0.3 is 0 Å². The van der Waals surface area contributed by atoms with Gasteiger partial charge in [0.25, 0.3) is 0 Å². The molecular formula is C17H14ClNOS. The zero-order valence-electron chi connectivity index (χ0n) is 11.3. The predicted molar refractivity (Wildman–Crippen MR) is 87.9 cm³/mol. The van der Waals surface area contributed by atoms with E-state index in [2.05, 4.69) is 29.2 Å². The number of alkyl halides is 1. The number of rotatable bonds is 5. The lowest BCUT2D eigenvalue weighted by Gasteiger charge is -2.06. The third-order valence-corrected chi connectivity index (χ3v) is 4.20. The summed E-state index contributed by atoms with van der Waals surface area (Å²) in [4.78, 5) is 4.37. The van der Waals surface area contributed by atoms with Gasteiger partial charge in [0.15, 0.2) is 0 Å². The highest BCUT2D eigenvalue weighted by Crippen LogP contribution is 2.23. The molecule has 4 heteroatoms. The Labute approximate surface area is 133 Å². The third kappa shape index (κ3) is 3.63. The van der Waals surface area contributed by atoms with Crippen LogP contribution in [0.15, 0.2) is 60.0 Å². The number of ether oxygens (including phenoxy) is 1. The van der Waals surface area contributed by atoms with Gasteiger partial charge in [-0.25, -0.2) is 4.98 Å². The van der Waals surface area contributed by atoms with E-state index < -0.39 is 0 Å². The van der Waals surface area contributed by atoms with Crippen LogP contribution in [0.25, 0.3) is 11.1 Å². The normalized spacial score (nSPS) is 10.5. The molecule has 2 nitrogen and oxygen atoms in total. The minimum absolute atomic E-state index is 0.447. The van der Waals surface area contributed by atoms with Crippen molar-refractivity contribution in [3.8, 4) is 16.9 Å². The monoisotopic (exact) mass is 315 g/mol. The van der Waals surface area contributed by atoms with E-state index in [4.69, 9.17) is 16.3 Å². The fourth-order valence-corrected chi connectivity index (χ4v) is 2.93. The van der Waals surface area contributed by atoms with Crippen LogP contribution in [0.4, 0.5) is 0 Å². The average molecular weight is 316 g/mol. The van der Waals surface area contributed by atoms with Gasteiger partial charge in [-0.1, -0.05) is 42.5 Å². The fourth-order valence-electron chi connectivity index (χ4n) is 2.00. The molecule has 106 valence electrons. The molecule has 0 unspecified atom stereocenters. The molecule has 0 N–H and O–H groups in total. The molecule has 0 aliphatic heterocycles. The lowest BCUT2D eigenvalue weighted by molar-refractivity contribution is 0.305. The van der Waals surface area contributed by atoms with Gasteiger partial charge in [0.2, 0.25) is 0 Å². The average Bonchev–Trinajstić information content (AvgIpc) is 3.02. The third-order valence-electron chi connectivity index (χ3n) is 3.06. The summed E-state index contributed by atoms with van der Waals surface area (Å²) in [7, 11) is 0. The molecule has 0 saturated carbocycles. The van der Waals surface area contributed by atoms with Crippen molar-refractivity contribution >= 4 is 22.9 Å².